The number of hydrogen-bond donors (Lipinski definition) is 1. The van der Waals surface area contributed by atoms with E-state index >= 15 is 0 Å². The van der Waals surface area contributed by atoms with Gasteiger partial charge in [-0.3, -0.25) is 4.79 Å². The lowest BCUT2D eigenvalue weighted by molar-refractivity contribution is -0.122. The predicted molar refractivity (Wildman–Crippen MR) is 109 cm³/mol. The second-order valence-corrected chi connectivity index (χ2v) is 7.08. The van der Waals surface area contributed by atoms with Crippen molar-refractivity contribution in [2.24, 2.45) is 4.99 Å². The highest BCUT2D eigenvalue weighted by Gasteiger charge is 2.47. The van der Waals surface area contributed by atoms with Gasteiger partial charge in [0.1, 0.15) is 17.5 Å². The maximum Gasteiger partial charge on any atom is 0.262 e. The average molecular weight is 391 g/mol. The first-order valence-electron chi connectivity index (χ1n) is 9.11. The minimum Gasteiger partial charge on any atom is -0.378 e. The fourth-order valence-electron chi connectivity index (χ4n) is 3.44. The van der Waals surface area contributed by atoms with Crippen LogP contribution in [-0.2, 0) is 10.3 Å². The van der Waals surface area contributed by atoms with Gasteiger partial charge in [0.15, 0.2) is 5.54 Å². The summed E-state index contributed by atoms with van der Waals surface area (Å²) in [7, 11) is 3.88. The number of halogens is 2. The molecule has 4 nitrogen and oxygen atoms in total. The SMILES string of the molecule is CN(C)c1ccc(C2=NC(c3ccc(F)cc3)(c3ccc(F)cc3)C(=O)N2)cc1. The van der Waals surface area contributed by atoms with Crippen molar-refractivity contribution in [3.05, 3.63) is 101 Å². The Bertz CT molecular complexity index is 1030. The Labute approximate surface area is 167 Å². The van der Waals surface area contributed by atoms with Crippen LogP contribution in [0.5, 0.6) is 0 Å². The molecule has 4 rings (SSSR count). The van der Waals surface area contributed by atoms with Gasteiger partial charge in [-0.2, -0.15) is 0 Å². The van der Waals surface area contributed by atoms with Crippen molar-refractivity contribution < 1.29 is 13.6 Å². The highest BCUT2D eigenvalue weighted by atomic mass is 19.1. The molecule has 0 bridgehead atoms. The summed E-state index contributed by atoms with van der Waals surface area (Å²) < 4.78 is 27.0. The summed E-state index contributed by atoms with van der Waals surface area (Å²) >= 11 is 0. The normalized spacial score (nSPS) is 15.0. The van der Waals surface area contributed by atoms with Crippen molar-refractivity contribution in [2.75, 3.05) is 19.0 Å². The summed E-state index contributed by atoms with van der Waals surface area (Å²) in [5.41, 5.74) is 1.35. The number of amides is 1. The molecule has 0 aliphatic carbocycles. The number of nitrogens with one attached hydrogen (secondary N) is 1. The van der Waals surface area contributed by atoms with Crippen molar-refractivity contribution in [2.45, 2.75) is 5.54 Å². The standard InChI is InChI=1S/C23H19F2N3O/c1-28(2)20-13-3-15(4-14-20)21-26-22(29)23(27-21,16-5-9-18(24)10-6-16)17-7-11-19(25)12-8-17/h3-14H,1-2H3,(H,26,27,29). The van der Waals surface area contributed by atoms with E-state index < -0.39 is 17.2 Å². The van der Waals surface area contributed by atoms with E-state index in [0.717, 1.165) is 11.3 Å². The summed E-state index contributed by atoms with van der Waals surface area (Å²) in [6.45, 7) is 0. The Morgan fingerprint density at radius 2 is 1.28 bits per heavy atom. The molecular weight excluding hydrogens is 372 g/mol. The van der Waals surface area contributed by atoms with Crippen LogP contribution in [0.3, 0.4) is 0 Å². The molecule has 1 N–H and O–H groups in total. The Hall–Kier alpha value is -3.54. The number of benzene rings is 3. The number of amidine groups is 1. The first kappa shape index (κ1) is 18.8. The highest BCUT2D eigenvalue weighted by molar-refractivity contribution is 6.16. The third-order valence-electron chi connectivity index (χ3n) is 5.02. The molecule has 1 amide bonds. The topological polar surface area (TPSA) is 44.7 Å². The second kappa shape index (κ2) is 7.13. The van der Waals surface area contributed by atoms with Gasteiger partial charge in [-0.15, -0.1) is 0 Å². The van der Waals surface area contributed by atoms with Gasteiger partial charge in [-0.25, -0.2) is 13.8 Å². The highest BCUT2D eigenvalue weighted by Crippen LogP contribution is 2.38. The van der Waals surface area contributed by atoms with Crippen LogP contribution in [0.15, 0.2) is 77.8 Å². The molecule has 6 heteroatoms. The number of carbonyl (C=O) groups excluding carboxylic acids is 1. The van der Waals surface area contributed by atoms with Crippen LogP contribution in [0, 0.1) is 11.6 Å². The van der Waals surface area contributed by atoms with E-state index in [-0.39, 0.29) is 5.91 Å². The molecule has 0 saturated carbocycles. The number of aliphatic imine (C=N–C) groups is 1. The molecule has 146 valence electrons. The molecule has 0 atom stereocenters. The molecule has 0 fully saturated rings. The predicted octanol–water partition coefficient (Wildman–Crippen LogP) is 3.85. The molecule has 0 saturated heterocycles. The smallest absolute Gasteiger partial charge is 0.262 e. The summed E-state index contributed by atoms with van der Waals surface area (Å²) in [4.78, 5) is 19.9. The van der Waals surface area contributed by atoms with Gasteiger partial charge < -0.3 is 10.2 Å². The van der Waals surface area contributed by atoms with Gasteiger partial charge in [0.2, 0.25) is 0 Å². The van der Waals surface area contributed by atoms with Crippen LogP contribution in [0.4, 0.5) is 14.5 Å². The van der Waals surface area contributed by atoms with Crippen molar-refractivity contribution in [3.63, 3.8) is 0 Å². The van der Waals surface area contributed by atoms with E-state index in [0.29, 0.717) is 17.0 Å². The first-order chi connectivity index (χ1) is 13.9. The molecule has 0 unspecified atom stereocenters. The molecule has 0 spiro atoms. The summed E-state index contributed by atoms with van der Waals surface area (Å²) in [6, 6.07) is 18.9. The maximum absolute atomic E-state index is 13.5. The lowest BCUT2D eigenvalue weighted by Crippen LogP contribution is -2.38. The number of anilines is 1. The van der Waals surface area contributed by atoms with Crippen LogP contribution in [-0.4, -0.2) is 25.8 Å². The molecular formula is C23H19F2N3O. The van der Waals surface area contributed by atoms with E-state index in [1.165, 1.54) is 48.5 Å². The van der Waals surface area contributed by atoms with Gasteiger partial charge >= 0.3 is 0 Å². The van der Waals surface area contributed by atoms with E-state index in [9.17, 15) is 13.6 Å². The molecule has 1 heterocycles. The molecule has 3 aromatic rings. The molecule has 0 aromatic heterocycles. The lowest BCUT2D eigenvalue weighted by atomic mass is 9.83. The second-order valence-electron chi connectivity index (χ2n) is 7.08. The van der Waals surface area contributed by atoms with Crippen LogP contribution in [0.1, 0.15) is 16.7 Å². The zero-order valence-corrected chi connectivity index (χ0v) is 16.0. The summed E-state index contributed by atoms with van der Waals surface area (Å²) in [5, 5.41) is 2.85. The average Bonchev–Trinajstić information content (AvgIpc) is 3.07. The van der Waals surface area contributed by atoms with Crippen LogP contribution >= 0.6 is 0 Å². The Kier molecular flexibility index (Phi) is 4.62. The zero-order chi connectivity index (χ0) is 20.6. The first-order valence-corrected chi connectivity index (χ1v) is 9.11. The third-order valence-corrected chi connectivity index (χ3v) is 5.02. The van der Waals surface area contributed by atoms with Crippen molar-refractivity contribution in [3.8, 4) is 0 Å². The fourth-order valence-corrected chi connectivity index (χ4v) is 3.44. The van der Waals surface area contributed by atoms with E-state index in [1.807, 2.05) is 43.3 Å². The minimum atomic E-state index is -1.42. The Balaban J connectivity index is 1.87. The van der Waals surface area contributed by atoms with E-state index in [2.05, 4.69) is 5.32 Å². The number of rotatable bonds is 4. The Morgan fingerprint density at radius 1 is 0.793 bits per heavy atom. The van der Waals surface area contributed by atoms with Gasteiger partial charge in [0.05, 0.1) is 0 Å². The number of carbonyl (C=O) groups is 1. The number of hydrogen-bond acceptors (Lipinski definition) is 3. The number of nitrogens with zero attached hydrogens (tertiary/aromatic N) is 2. The van der Waals surface area contributed by atoms with Crippen LogP contribution < -0.4 is 10.2 Å². The van der Waals surface area contributed by atoms with E-state index in [4.69, 9.17) is 4.99 Å². The van der Waals surface area contributed by atoms with Gasteiger partial charge in [0.25, 0.3) is 5.91 Å². The molecule has 0 radical (unpaired) electrons. The quantitative estimate of drug-likeness (QED) is 0.734. The molecule has 29 heavy (non-hydrogen) atoms. The van der Waals surface area contributed by atoms with Gasteiger partial charge in [-0.05, 0) is 59.7 Å². The monoisotopic (exact) mass is 391 g/mol. The largest absolute Gasteiger partial charge is 0.378 e. The lowest BCUT2D eigenvalue weighted by Gasteiger charge is -2.24. The zero-order valence-electron chi connectivity index (χ0n) is 16.0. The van der Waals surface area contributed by atoms with Gasteiger partial charge in [0, 0.05) is 25.3 Å². The minimum absolute atomic E-state index is 0.373. The van der Waals surface area contributed by atoms with Crippen molar-refractivity contribution in [1.29, 1.82) is 0 Å². The third kappa shape index (κ3) is 3.27. The van der Waals surface area contributed by atoms with Gasteiger partial charge in [-0.1, -0.05) is 24.3 Å². The Morgan fingerprint density at radius 3 is 1.72 bits per heavy atom. The van der Waals surface area contributed by atoms with Crippen molar-refractivity contribution >= 4 is 17.4 Å². The molecule has 3 aromatic carbocycles. The summed E-state index contributed by atoms with van der Waals surface area (Å²) in [5.74, 6) is -0.786. The fraction of sp³-hybridized carbons (Fsp3) is 0.130. The van der Waals surface area contributed by atoms with Crippen LogP contribution in [0.25, 0.3) is 0 Å². The van der Waals surface area contributed by atoms with Crippen LogP contribution in [0.2, 0.25) is 0 Å². The maximum atomic E-state index is 13.5. The molecule has 1 aliphatic heterocycles. The van der Waals surface area contributed by atoms with Crippen molar-refractivity contribution in [1.82, 2.24) is 5.32 Å². The van der Waals surface area contributed by atoms with E-state index in [1.54, 1.807) is 0 Å². The summed E-state index contributed by atoms with van der Waals surface area (Å²) in [6.07, 6.45) is 0. The molecule has 1 aliphatic rings.